The Labute approximate surface area is 208 Å². The minimum atomic E-state index is -0.247. The first kappa shape index (κ1) is 31.6. The van der Waals surface area contributed by atoms with Crippen LogP contribution in [0.2, 0.25) is 0 Å². The first-order valence-corrected chi connectivity index (χ1v) is 14.1. The van der Waals surface area contributed by atoms with Crippen LogP contribution in [0.25, 0.3) is 0 Å². The van der Waals surface area contributed by atoms with Crippen molar-refractivity contribution in [3.63, 3.8) is 0 Å². The summed E-state index contributed by atoms with van der Waals surface area (Å²) in [6.45, 7) is 8.15. The van der Waals surface area contributed by atoms with Crippen molar-refractivity contribution in [1.82, 2.24) is 0 Å². The molecule has 0 aliphatic heterocycles. The third kappa shape index (κ3) is 22.8. The summed E-state index contributed by atoms with van der Waals surface area (Å²) in [5, 5.41) is -0.247. The van der Waals surface area contributed by atoms with Crippen LogP contribution in [-0.4, -0.2) is 56.4 Å². The molecule has 0 aromatic rings. The molecule has 0 aromatic heterocycles. The fourth-order valence-corrected chi connectivity index (χ4v) is 3.93. The summed E-state index contributed by atoms with van der Waals surface area (Å²) in [7, 11) is 6.37. The Morgan fingerprint density at radius 3 is 1.75 bits per heavy atom. The molecule has 1 atom stereocenters. The molecule has 5 heteroatoms. The van der Waals surface area contributed by atoms with Crippen LogP contribution >= 0.6 is 15.9 Å². The van der Waals surface area contributed by atoms with Gasteiger partial charge in [-0.1, -0.05) is 113 Å². The van der Waals surface area contributed by atoms with Crippen LogP contribution in [0.3, 0.4) is 0 Å². The van der Waals surface area contributed by atoms with Crippen molar-refractivity contribution in [1.29, 1.82) is 0 Å². The van der Waals surface area contributed by atoms with E-state index in [9.17, 15) is 4.79 Å². The molecule has 0 N–H and O–H groups in total. The Balaban J connectivity index is 3.45. The lowest BCUT2D eigenvalue weighted by Crippen LogP contribution is -2.35. The number of quaternary nitrogens is 1. The summed E-state index contributed by atoms with van der Waals surface area (Å²) in [5.41, 5.74) is 0.760. The van der Waals surface area contributed by atoms with Crippen molar-refractivity contribution in [2.45, 2.75) is 115 Å². The molecule has 0 aliphatic rings. The second-order valence-electron chi connectivity index (χ2n) is 10.2. The number of esters is 1. The fraction of sp³-hybridized carbons (Fsp3) is 0.889. The van der Waals surface area contributed by atoms with Crippen molar-refractivity contribution in [2.24, 2.45) is 0 Å². The molecule has 0 spiro atoms. The molecule has 32 heavy (non-hydrogen) atoms. The predicted octanol–water partition coefficient (Wildman–Crippen LogP) is 7.79. The van der Waals surface area contributed by atoms with Crippen LogP contribution in [0.4, 0.5) is 0 Å². The molecular weight excluding hydrogens is 466 g/mol. The average molecular weight is 520 g/mol. The lowest BCUT2D eigenvalue weighted by molar-refractivity contribution is -0.870. The molecule has 190 valence electrons. The van der Waals surface area contributed by atoms with Gasteiger partial charge in [0.05, 0.1) is 34.1 Å². The summed E-state index contributed by atoms with van der Waals surface area (Å²) in [5.74, 6) is -0.161. The summed E-state index contributed by atoms with van der Waals surface area (Å²) >= 11 is 3.50. The first-order chi connectivity index (χ1) is 15.3. The Bertz CT molecular complexity index is 462. The van der Waals surface area contributed by atoms with Gasteiger partial charge in [-0.25, -0.2) is 0 Å². The molecule has 0 bridgehead atoms. The molecule has 0 saturated heterocycles. The van der Waals surface area contributed by atoms with E-state index in [4.69, 9.17) is 9.47 Å². The van der Waals surface area contributed by atoms with Gasteiger partial charge in [0, 0.05) is 13.0 Å². The van der Waals surface area contributed by atoms with Gasteiger partial charge in [0.25, 0.3) is 0 Å². The Hall–Kier alpha value is -0.390. The van der Waals surface area contributed by atoms with Gasteiger partial charge < -0.3 is 14.0 Å². The molecule has 0 fully saturated rings. The number of rotatable bonds is 23. The number of nitrogens with zero attached hydrogens (tertiary/aromatic N) is 1. The SMILES string of the molecule is C=C(COC(=O)CCC[N+](C)(C)C)C(Br)OCCCCCCCCCCCCCCCC. The second-order valence-corrected chi connectivity index (χ2v) is 11.1. The zero-order valence-electron chi connectivity index (χ0n) is 21.8. The number of hydrogen-bond donors (Lipinski definition) is 0. The van der Waals surface area contributed by atoms with Gasteiger partial charge in [0.15, 0.2) is 0 Å². The highest BCUT2D eigenvalue weighted by Gasteiger charge is 2.13. The molecule has 0 radical (unpaired) electrons. The average Bonchev–Trinajstić information content (AvgIpc) is 2.73. The van der Waals surface area contributed by atoms with E-state index in [0.29, 0.717) is 13.0 Å². The lowest BCUT2D eigenvalue weighted by atomic mass is 10.0. The fourth-order valence-electron chi connectivity index (χ4n) is 3.61. The van der Waals surface area contributed by atoms with E-state index in [1.54, 1.807) is 0 Å². The van der Waals surface area contributed by atoms with E-state index in [0.717, 1.165) is 29.4 Å². The highest BCUT2D eigenvalue weighted by molar-refractivity contribution is 9.09. The number of halogens is 1. The van der Waals surface area contributed by atoms with Crippen molar-refractivity contribution < 1.29 is 18.8 Å². The van der Waals surface area contributed by atoms with Gasteiger partial charge in [-0.15, -0.1) is 0 Å². The van der Waals surface area contributed by atoms with Gasteiger partial charge in [0.1, 0.15) is 11.6 Å². The lowest BCUT2D eigenvalue weighted by Gasteiger charge is -2.23. The summed E-state index contributed by atoms with van der Waals surface area (Å²) in [6, 6.07) is 0. The molecule has 1 unspecified atom stereocenters. The van der Waals surface area contributed by atoms with Gasteiger partial charge in [0.2, 0.25) is 0 Å². The van der Waals surface area contributed by atoms with E-state index in [1.807, 2.05) is 0 Å². The van der Waals surface area contributed by atoms with E-state index in [1.165, 1.54) is 83.5 Å². The highest BCUT2D eigenvalue weighted by Crippen LogP contribution is 2.16. The molecule has 0 aliphatic carbocycles. The van der Waals surface area contributed by atoms with E-state index in [-0.39, 0.29) is 17.6 Å². The summed E-state index contributed by atoms with van der Waals surface area (Å²) < 4.78 is 12.0. The number of alkyl halides is 1. The van der Waals surface area contributed by atoms with Crippen LogP contribution < -0.4 is 0 Å². The van der Waals surface area contributed by atoms with Crippen molar-refractivity contribution in [3.8, 4) is 0 Å². The van der Waals surface area contributed by atoms with Crippen molar-refractivity contribution >= 4 is 21.9 Å². The standard InChI is InChI=1S/C27H53BrNO3/c1-6-7-8-9-10-11-12-13-14-15-16-17-18-19-23-31-27(28)25(2)24-32-26(30)21-20-22-29(3,4)5/h27H,2,6-24H2,1,3-5H3/q+1. The number of ether oxygens (including phenoxy) is 2. The van der Waals surface area contributed by atoms with Gasteiger partial charge in [-0.2, -0.15) is 0 Å². The van der Waals surface area contributed by atoms with Gasteiger partial charge >= 0.3 is 5.97 Å². The second kappa shape index (κ2) is 21.2. The smallest absolute Gasteiger partial charge is 0.306 e. The van der Waals surface area contributed by atoms with Gasteiger partial charge in [-0.3, -0.25) is 4.79 Å². The van der Waals surface area contributed by atoms with Crippen LogP contribution in [-0.2, 0) is 14.3 Å². The van der Waals surface area contributed by atoms with Crippen molar-refractivity contribution in [2.75, 3.05) is 40.9 Å². The minimum absolute atomic E-state index is 0.161. The zero-order chi connectivity index (χ0) is 24.1. The van der Waals surface area contributed by atoms with E-state index < -0.39 is 0 Å². The Morgan fingerprint density at radius 2 is 1.28 bits per heavy atom. The predicted molar refractivity (Wildman–Crippen MR) is 141 cm³/mol. The molecule has 4 nitrogen and oxygen atoms in total. The maximum atomic E-state index is 11.8. The minimum Gasteiger partial charge on any atom is -0.461 e. The molecule has 0 heterocycles. The molecule has 0 rings (SSSR count). The quantitative estimate of drug-likeness (QED) is 0.0454. The Kier molecular flexibility index (Phi) is 20.9. The first-order valence-electron chi connectivity index (χ1n) is 13.2. The van der Waals surface area contributed by atoms with Gasteiger partial charge in [-0.05, 0) is 12.0 Å². The van der Waals surface area contributed by atoms with Crippen LogP contribution in [0, 0.1) is 0 Å². The molecular formula is C27H53BrNO3+. The Morgan fingerprint density at radius 1 is 0.812 bits per heavy atom. The monoisotopic (exact) mass is 518 g/mol. The number of hydrogen-bond acceptors (Lipinski definition) is 3. The topological polar surface area (TPSA) is 35.5 Å². The molecule has 0 saturated carbocycles. The van der Waals surface area contributed by atoms with E-state index >= 15 is 0 Å². The highest BCUT2D eigenvalue weighted by atomic mass is 79.9. The third-order valence-corrected chi connectivity index (χ3v) is 6.62. The van der Waals surface area contributed by atoms with Crippen LogP contribution in [0.5, 0.6) is 0 Å². The molecule has 0 amide bonds. The number of unbranched alkanes of at least 4 members (excludes halogenated alkanes) is 13. The van der Waals surface area contributed by atoms with Crippen LogP contribution in [0.15, 0.2) is 12.2 Å². The largest absolute Gasteiger partial charge is 0.461 e. The maximum absolute atomic E-state index is 11.8. The maximum Gasteiger partial charge on any atom is 0.306 e. The van der Waals surface area contributed by atoms with E-state index in [2.05, 4.69) is 50.6 Å². The zero-order valence-corrected chi connectivity index (χ0v) is 23.4. The summed E-state index contributed by atoms with van der Waals surface area (Å²) in [6.07, 6.45) is 20.2. The number of carbonyl (C=O) groups is 1. The van der Waals surface area contributed by atoms with Crippen molar-refractivity contribution in [3.05, 3.63) is 12.2 Å². The van der Waals surface area contributed by atoms with Crippen LogP contribution in [0.1, 0.15) is 110 Å². The normalized spacial score (nSPS) is 12.7. The molecule has 0 aromatic carbocycles. The summed E-state index contributed by atoms with van der Waals surface area (Å²) in [4.78, 5) is 11.8. The number of carbonyl (C=O) groups excluding carboxylic acids is 1. The third-order valence-electron chi connectivity index (χ3n) is 5.71.